The van der Waals surface area contributed by atoms with Crippen LogP contribution in [0.5, 0.6) is 0 Å². The van der Waals surface area contributed by atoms with Crippen molar-refractivity contribution >= 4 is 28.9 Å². The third-order valence-electron chi connectivity index (χ3n) is 2.31. The van der Waals surface area contributed by atoms with Crippen molar-refractivity contribution in [3.05, 3.63) is 22.7 Å². The molecule has 0 fully saturated rings. The van der Waals surface area contributed by atoms with Crippen LogP contribution in [0.1, 0.15) is 12.5 Å². The van der Waals surface area contributed by atoms with Crippen LogP contribution in [0.25, 0.3) is 0 Å². The van der Waals surface area contributed by atoms with Crippen molar-refractivity contribution < 1.29 is 4.79 Å². The summed E-state index contributed by atoms with van der Waals surface area (Å²) < 4.78 is 0. The van der Waals surface area contributed by atoms with Crippen LogP contribution in [0.15, 0.2) is 12.1 Å². The monoisotopic (exact) mass is 210 g/mol. The minimum absolute atomic E-state index is 0.0285. The van der Waals surface area contributed by atoms with Crippen LogP contribution in [0.4, 0.5) is 11.4 Å². The number of amides is 1. The van der Waals surface area contributed by atoms with Crippen LogP contribution in [0, 0.1) is 6.92 Å². The van der Waals surface area contributed by atoms with Gasteiger partial charge in [-0.05, 0) is 31.5 Å². The summed E-state index contributed by atoms with van der Waals surface area (Å²) in [4.78, 5) is 11.4. The molecule has 2 N–H and O–H groups in total. The first kappa shape index (κ1) is 9.34. The molecule has 0 aromatic heterocycles. The van der Waals surface area contributed by atoms with Crippen molar-refractivity contribution in [3.63, 3.8) is 0 Å². The summed E-state index contributed by atoms with van der Waals surface area (Å²) in [5.41, 5.74) is 2.76. The Balaban J connectivity index is 2.51. The van der Waals surface area contributed by atoms with Crippen molar-refractivity contribution in [3.8, 4) is 0 Å². The number of halogens is 1. The Morgan fingerprint density at radius 3 is 2.86 bits per heavy atom. The zero-order valence-corrected chi connectivity index (χ0v) is 8.77. The van der Waals surface area contributed by atoms with Gasteiger partial charge >= 0.3 is 0 Å². The van der Waals surface area contributed by atoms with E-state index >= 15 is 0 Å². The van der Waals surface area contributed by atoms with Gasteiger partial charge in [0.25, 0.3) is 0 Å². The van der Waals surface area contributed by atoms with Gasteiger partial charge < -0.3 is 10.6 Å². The van der Waals surface area contributed by atoms with Crippen LogP contribution < -0.4 is 10.6 Å². The largest absolute Gasteiger partial charge is 0.372 e. The second-order valence-corrected chi connectivity index (χ2v) is 3.94. The van der Waals surface area contributed by atoms with E-state index in [1.54, 1.807) is 6.07 Å². The molecule has 0 saturated carbocycles. The van der Waals surface area contributed by atoms with Gasteiger partial charge in [-0.1, -0.05) is 11.6 Å². The molecule has 1 amide bonds. The van der Waals surface area contributed by atoms with Gasteiger partial charge in [-0.15, -0.1) is 0 Å². The third kappa shape index (κ3) is 1.44. The zero-order chi connectivity index (χ0) is 10.3. The topological polar surface area (TPSA) is 41.1 Å². The number of carbonyl (C=O) groups is 1. The molecule has 0 aliphatic carbocycles. The number of hydrogen-bond donors (Lipinski definition) is 2. The summed E-state index contributed by atoms with van der Waals surface area (Å²) in [5.74, 6) is -0.0285. The molecule has 0 radical (unpaired) electrons. The Kier molecular flexibility index (Phi) is 2.11. The Labute approximate surface area is 87.4 Å². The van der Waals surface area contributed by atoms with Gasteiger partial charge in [0, 0.05) is 5.02 Å². The normalized spacial score (nSPS) is 19.6. The van der Waals surface area contributed by atoms with Gasteiger partial charge in [-0.25, -0.2) is 0 Å². The maximum atomic E-state index is 11.4. The molecule has 2 rings (SSSR count). The van der Waals surface area contributed by atoms with Crippen LogP contribution in [0.3, 0.4) is 0 Å². The number of carbonyl (C=O) groups excluding carboxylic acids is 1. The number of nitrogens with one attached hydrogen (secondary N) is 2. The standard InChI is InChI=1S/C10H11ClN2O/c1-5-3-7(11)4-8-9(5)12-6(2)10(14)13-8/h3-4,6,12H,1-2H3,(H,13,14). The van der Waals surface area contributed by atoms with Crippen molar-refractivity contribution in [2.45, 2.75) is 19.9 Å². The first-order chi connectivity index (χ1) is 6.58. The average Bonchev–Trinajstić information content (AvgIpc) is 2.08. The minimum atomic E-state index is -0.192. The number of aryl methyl sites for hydroxylation is 1. The molecule has 0 spiro atoms. The number of benzene rings is 1. The summed E-state index contributed by atoms with van der Waals surface area (Å²) in [6, 6.07) is 3.43. The predicted molar refractivity (Wildman–Crippen MR) is 57.9 cm³/mol. The fourth-order valence-electron chi connectivity index (χ4n) is 1.56. The lowest BCUT2D eigenvalue weighted by Gasteiger charge is -2.25. The van der Waals surface area contributed by atoms with Gasteiger partial charge in [0.2, 0.25) is 5.91 Å². The molecule has 1 unspecified atom stereocenters. The molecule has 4 heteroatoms. The SMILES string of the molecule is Cc1cc(Cl)cc2c1NC(C)C(=O)N2. The molecule has 1 atom stereocenters. The number of fused-ring (bicyclic) bond motifs is 1. The Morgan fingerprint density at radius 1 is 1.43 bits per heavy atom. The van der Waals surface area contributed by atoms with E-state index in [0.717, 1.165) is 16.9 Å². The van der Waals surface area contributed by atoms with Gasteiger partial charge in [-0.3, -0.25) is 4.79 Å². The Hall–Kier alpha value is -1.22. The summed E-state index contributed by atoms with van der Waals surface area (Å²) in [7, 11) is 0. The van der Waals surface area contributed by atoms with E-state index in [0.29, 0.717) is 5.02 Å². The molecular formula is C10H11ClN2O. The van der Waals surface area contributed by atoms with Gasteiger partial charge in [-0.2, -0.15) is 0 Å². The van der Waals surface area contributed by atoms with E-state index in [9.17, 15) is 4.79 Å². The first-order valence-electron chi connectivity index (χ1n) is 4.45. The molecule has 1 aromatic rings. The minimum Gasteiger partial charge on any atom is -0.372 e. The molecule has 0 saturated heterocycles. The second-order valence-electron chi connectivity index (χ2n) is 3.50. The summed E-state index contributed by atoms with van der Waals surface area (Å²) in [6.07, 6.45) is 0. The predicted octanol–water partition coefficient (Wildman–Crippen LogP) is 2.40. The lowest BCUT2D eigenvalue weighted by molar-refractivity contribution is -0.116. The lowest BCUT2D eigenvalue weighted by Crippen LogP contribution is -2.36. The summed E-state index contributed by atoms with van der Waals surface area (Å²) >= 11 is 5.89. The van der Waals surface area contributed by atoms with Crippen LogP contribution >= 0.6 is 11.6 Å². The first-order valence-corrected chi connectivity index (χ1v) is 4.83. The quantitative estimate of drug-likeness (QED) is 0.691. The van der Waals surface area contributed by atoms with E-state index in [4.69, 9.17) is 11.6 Å². The second kappa shape index (κ2) is 3.17. The van der Waals surface area contributed by atoms with E-state index in [1.807, 2.05) is 19.9 Å². The van der Waals surface area contributed by atoms with Gasteiger partial charge in [0.1, 0.15) is 6.04 Å². The number of hydrogen-bond acceptors (Lipinski definition) is 2. The fraction of sp³-hybridized carbons (Fsp3) is 0.300. The Bertz CT molecular complexity index is 403. The van der Waals surface area contributed by atoms with Crippen molar-refractivity contribution in [2.24, 2.45) is 0 Å². The average molecular weight is 211 g/mol. The number of rotatable bonds is 0. The molecule has 14 heavy (non-hydrogen) atoms. The van der Waals surface area contributed by atoms with E-state index < -0.39 is 0 Å². The van der Waals surface area contributed by atoms with Crippen molar-refractivity contribution in [1.82, 2.24) is 0 Å². The van der Waals surface area contributed by atoms with Crippen molar-refractivity contribution in [1.29, 1.82) is 0 Å². The van der Waals surface area contributed by atoms with E-state index in [2.05, 4.69) is 10.6 Å². The van der Waals surface area contributed by atoms with E-state index in [-0.39, 0.29) is 11.9 Å². The zero-order valence-electron chi connectivity index (χ0n) is 8.02. The molecule has 1 heterocycles. The fourth-order valence-corrected chi connectivity index (χ4v) is 1.83. The van der Waals surface area contributed by atoms with E-state index in [1.165, 1.54) is 0 Å². The molecule has 3 nitrogen and oxygen atoms in total. The van der Waals surface area contributed by atoms with Gasteiger partial charge in [0.15, 0.2) is 0 Å². The molecule has 1 aliphatic heterocycles. The number of anilines is 2. The highest BCUT2D eigenvalue weighted by atomic mass is 35.5. The van der Waals surface area contributed by atoms with Gasteiger partial charge in [0.05, 0.1) is 11.4 Å². The Morgan fingerprint density at radius 2 is 2.14 bits per heavy atom. The van der Waals surface area contributed by atoms with Crippen LogP contribution in [0.2, 0.25) is 5.02 Å². The molecular weight excluding hydrogens is 200 g/mol. The summed E-state index contributed by atoms with van der Waals surface area (Å²) in [5, 5.41) is 6.58. The third-order valence-corrected chi connectivity index (χ3v) is 2.53. The maximum Gasteiger partial charge on any atom is 0.246 e. The van der Waals surface area contributed by atoms with Crippen molar-refractivity contribution in [2.75, 3.05) is 10.6 Å². The smallest absolute Gasteiger partial charge is 0.246 e. The van der Waals surface area contributed by atoms with Crippen LogP contribution in [-0.4, -0.2) is 11.9 Å². The highest BCUT2D eigenvalue weighted by Crippen LogP contribution is 2.33. The summed E-state index contributed by atoms with van der Waals surface area (Å²) in [6.45, 7) is 3.79. The molecule has 1 aliphatic rings. The molecule has 74 valence electrons. The lowest BCUT2D eigenvalue weighted by atomic mass is 10.1. The highest BCUT2D eigenvalue weighted by Gasteiger charge is 2.22. The maximum absolute atomic E-state index is 11.4. The molecule has 0 bridgehead atoms. The van der Waals surface area contributed by atoms with Crippen LogP contribution in [-0.2, 0) is 4.79 Å². The molecule has 1 aromatic carbocycles. The highest BCUT2D eigenvalue weighted by molar-refractivity contribution is 6.31.